The van der Waals surface area contributed by atoms with Gasteiger partial charge >= 0.3 is 0 Å². The zero-order chi connectivity index (χ0) is 14.8. The van der Waals surface area contributed by atoms with Crippen LogP contribution in [0.1, 0.15) is 27.0 Å². The maximum Gasteiger partial charge on any atom is 0.113 e. The third-order valence-corrected chi connectivity index (χ3v) is 5.05. The Kier molecular flexibility index (Phi) is 3.91. The quantitative estimate of drug-likeness (QED) is 0.711. The summed E-state index contributed by atoms with van der Waals surface area (Å²) in [5.74, 6) is 0. The van der Waals surface area contributed by atoms with Crippen LogP contribution in [0.3, 0.4) is 0 Å². The van der Waals surface area contributed by atoms with E-state index in [0.717, 1.165) is 10.4 Å². The second-order valence-corrected chi connectivity index (χ2v) is 6.46. The minimum Gasteiger partial charge on any atom is -0.383 e. The van der Waals surface area contributed by atoms with Crippen LogP contribution in [0, 0.1) is 13.8 Å². The molecule has 0 aliphatic carbocycles. The van der Waals surface area contributed by atoms with Gasteiger partial charge in [-0.3, -0.25) is 0 Å². The largest absolute Gasteiger partial charge is 0.383 e. The molecule has 0 fully saturated rings. The minimum absolute atomic E-state index is 0.549. The molecule has 1 nitrogen and oxygen atoms in total. The first-order valence-electron chi connectivity index (χ1n) is 7.07. The van der Waals surface area contributed by atoms with Crippen LogP contribution in [0.5, 0.6) is 0 Å². The van der Waals surface area contributed by atoms with Gasteiger partial charge in [0.1, 0.15) is 6.10 Å². The number of thiophene rings is 1. The SMILES string of the molecule is Cc1sc(C(O)c2ccccc2)c(C)c1-c1ccccc1. The summed E-state index contributed by atoms with van der Waals surface area (Å²) in [5, 5.41) is 10.7. The van der Waals surface area contributed by atoms with Crippen molar-refractivity contribution >= 4 is 11.3 Å². The molecule has 0 saturated carbocycles. The van der Waals surface area contributed by atoms with E-state index >= 15 is 0 Å². The Morgan fingerprint density at radius 1 is 0.857 bits per heavy atom. The van der Waals surface area contributed by atoms with Crippen LogP contribution in [0.15, 0.2) is 60.7 Å². The molecule has 1 unspecified atom stereocenters. The van der Waals surface area contributed by atoms with Gasteiger partial charge in [-0.2, -0.15) is 0 Å². The molecular formula is C19H18OS. The predicted molar refractivity (Wildman–Crippen MR) is 89.7 cm³/mol. The van der Waals surface area contributed by atoms with Crippen molar-refractivity contribution in [2.45, 2.75) is 20.0 Å². The molecule has 0 aliphatic rings. The van der Waals surface area contributed by atoms with Crippen LogP contribution >= 0.6 is 11.3 Å². The molecule has 0 radical (unpaired) electrons. The number of aliphatic hydroxyl groups excluding tert-OH is 1. The molecule has 0 amide bonds. The first-order chi connectivity index (χ1) is 10.2. The molecule has 21 heavy (non-hydrogen) atoms. The van der Waals surface area contributed by atoms with Crippen molar-refractivity contribution in [3.05, 3.63) is 81.5 Å². The second kappa shape index (κ2) is 5.84. The van der Waals surface area contributed by atoms with Crippen molar-refractivity contribution in [2.75, 3.05) is 0 Å². The van der Waals surface area contributed by atoms with E-state index in [1.54, 1.807) is 11.3 Å². The highest BCUT2D eigenvalue weighted by Crippen LogP contribution is 2.40. The fourth-order valence-electron chi connectivity index (χ4n) is 2.75. The summed E-state index contributed by atoms with van der Waals surface area (Å²) in [4.78, 5) is 2.29. The molecule has 3 rings (SSSR count). The molecule has 0 bridgehead atoms. The van der Waals surface area contributed by atoms with E-state index in [0.29, 0.717) is 0 Å². The van der Waals surface area contributed by atoms with Gasteiger partial charge in [0, 0.05) is 9.75 Å². The molecule has 1 atom stereocenters. The van der Waals surface area contributed by atoms with Gasteiger partial charge in [0.25, 0.3) is 0 Å². The van der Waals surface area contributed by atoms with Gasteiger partial charge in [0.2, 0.25) is 0 Å². The first kappa shape index (κ1) is 14.1. The molecule has 106 valence electrons. The number of rotatable bonds is 3. The van der Waals surface area contributed by atoms with Gasteiger partial charge in [0.05, 0.1) is 0 Å². The molecule has 1 aromatic heterocycles. The summed E-state index contributed by atoms with van der Waals surface area (Å²) in [7, 11) is 0. The summed E-state index contributed by atoms with van der Waals surface area (Å²) in [6.07, 6.45) is -0.549. The van der Waals surface area contributed by atoms with Crippen LogP contribution in [-0.4, -0.2) is 5.11 Å². The summed E-state index contributed by atoms with van der Waals surface area (Å²) in [6.45, 7) is 4.23. The van der Waals surface area contributed by atoms with Crippen LogP contribution in [-0.2, 0) is 0 Å². The van der Waals surface area contributed by atoms with Crippen molar-refractivity contribution in [1.29, 1.82) is 0 Å². The van der Waals surface area contributed by atoms with Crippen molar-refractivity contribution in [2.24, 2.45) is 0 Å². The zero-order valence-electron chi connectivity index (χ0n) is 12.2. The van der Waals surface area contributed by atoms with Crippen LogP contribution in [0.4, 0.5) is 0 Å². The molecule has 0 aliphatic heterocycles. The van der Waals surface area contributed by atoms with E-state index in [-0.39, 0.29) is 0 Å². The second-order valence-electron chi connectivity index (χ2n) is 5.20. The van der Waals surface area contributed by atoms with Crippen molar-refractivity contribution < 1.29 is 5.11 Å². The molecule has 1 N–H and O–H groups in total. The fourth-order valence-corrected chi connectivity index (χ4v) is 3.96. The Morgan fingerprint density at radius 3 is 2.05 bits per heavy atom. The molecule has 2 heteroatoms. The monoisotopic (exact) mass is 294 g/mol. The smallest absolute Gasteiger partial charge is 0.113 e. The van der Waals surface area contributed by atoms with Crippen molar-refractivity contribution in [3.8, 4) is 11.1 Å². The lowest BCUT2D eigenvalue weighted by atomic mass is 9.98. The van der Waals surface area contributed by atoms with Crippen LogP contribution in [0.25, 0.3) is 11.1 Å². The van der Waals surface area contributed by atoms with E-state index in [1.807, 2.05) is 36.4 Å². The van der Waals surface area contributed by atoms with E-state index < -0.39 is 6.10 Å². The van der Waals surface area contributed by atoms with Crippen molar-refractivity contribution in [1.82, 2.24) is 0 Å². The Labute approximate surface area is 129 Å². The molecule has 3 aromatic rings. The van der Waals surface area contributed by atoms with Crippen molar-refractivity contribution in [3.63, 3.8) is 0 Å². The fraction of sp³-hybridized carbons (Fsp3) is 0.158. The maximum absolute atomic E-state index is 10.7. The maximum atomic E-state index is 10.7. The lowest BCUT2D eigenvalue weighted by Crippen LogP contribution is -1.98. The number of aryl methyl sites for hydroxylation is 1. The van der Waals surface area contributed by atoms with E-state index in [1.165, 1.54) is 21.6 Å². The summed E-state index contributed by atoms with van der Waals surface area (Å²) >= 11 is 1.69. The average Bonchev–Trinajstić information content (AvgIpc) is 2.83. The Hall–Kier alpha value is -1.90. The standard InChI is InChI=1S/C19H18OS/c1-13-17(15-9-5-3-6-10-15)14(2)21-19(13)18(20)16-11-7-4-8-12-16/h3-12,18,20H,1-2H3. The minimum atomic E-state index is -0.549. The van der Waals surface area contributed by atoms with E-state index in [2.05, 4.69) is 38.1 Å². The Morgan fingerprint density at radius 2 is 1.43 bits per heavy atom. The van der Waals surface area contributed by atoms with Gasteiger partial charge in [0.15, 0.2) is 0 Å². The highest BCUT2D eigenvalue weighted by atomic mass is 32.1. The molecule has 0 spiro atoms. The van der Waals surface area contributed by atoms with Crippen LogP contribution in [0.2, 0.25) is 0 Å². The van der Waals surface area contributed by atoms with Gasteiger partial charge in [-0.1, -0.05) is 60.7 Å². The zero-order valence-corrected chi connectivity index (χ0v) is 13.0. The highest BCUT2D eigenvalue weighted by molar-refractivity contribution is 7.12. The lowest BCUT2D eigenvalue weighted by Gasteiger charge is -2.11. The summed E-state index contributed by atoms with van der Waals surface area (Å²) < 4.78 is 0. The normalized spacial score (nSPS) is 12.3. The topological polar surface area (TPSA) is 20.2 Å². The first-order valence-corrected chi connectivity index (χ1v) is 7.88. The summed E-state index contributed by atoms with van der Waals surface area (Å²) in [6, 6.07) is 20.2. The Balaban J connectivity index is 2.07. The van der Waals surface area contributed by atoms with Gasteiger partial charge in [-0.15, -0.1) is 11.3 Å². The average molecular weight is 294 g/mol. The summed E-state index contributed by atoms with van der Waals surface area (Å²) in [5.41, 5.74) is 4.60. The highest BCUT2D eigenvalue weighted by Gasteiger charge is 2.20. The van der Waals surface area contributed by atoms with Gasteiger partial charge in [-0.25, -0.2) is 0 Å². The third-order valence-electron chi connectivity index (χ3n) is 3.79. The van der Waals surface area contributed by atoms with Crippen LogP contribution < -0.4 is 0 Å². The molecule has 2 aromatic carbocycles. The number of benzene rings is 2. The number of hydrogen-bond donors (Lipinski definition) is 1. The van der Waals surface area contributed by atoms with Gasteiger partial charge in [-0.05, 0) is 36.1 Å². The lowest BCUT2D eigenvalue weighted by molar-refractivity contribution is 0.223. The molecule has 1 heterocycles. The number of aliphatic hydroxyl groups is 1. The van der Waals surface area contributed by atoms with E-state index in [9.17, 15) is 5.11 Å². The van der Waals surface area contributed by atoms with Gasteiger partial charge < -0.3 is 5.11 Å². The third kappa shape index (κ3) is 2.65. The number of hydrogen-bond acceptors (Lipinski definition) is 2. The van der Waals surface area contributed by atoms with E-state index in [4.69, 9.17) is 0 Å². The predicted octanol–water partition coefficient (Wildman–Crippen LogP) is 5.11. The Bertz CT molecular complexity index is 729. The molecular weight excluding hydrogens is 276 g/mol. The molecule has 0 saturated heterocycles.